The lowest BCUT2D eigenvalue weighted by Crippen LogP contribution is -2.39. The molecule has 1 saturated heterocycles. The zero-order chi connectivity index (χ0) is 24.9. The van der Waals surface area contributed by atoms with Gasteiger partial charge in [0.2, 0.25) is 0 Å². The molecule has 1 fully saturated rings. The Morgan fingerprint density at radius 1 is 0.861 bits per heavy atom. The van der Waals surface area contributed by atoms with E-state index in [1.807, 2.05) is 30.3 Å². The van der Waals surface area contributed by atoms with Crippen molar-refractivity contribution in [3.05, 3.63) is 113 Å². The fourth-order valence-corrected chi connectivity index (χ4v) is 5.01. The van der Waals surface area contributed by atoms with Gasteiger partial charge >= 0.3 is 0 Å². The summed E-state index contributed by atoms with van der Waals surface area (Å²) in [7, 11) is 0. The van der Waals surface area contributed by atoms with E-state index in [4.69, 9.17) is 4.74 Å². The first-order chi connectivity index (χ1) is 17.6. The average molecular weight is 479 g/mol. The van der Waals surface area contributed by atoms with E-state index in [1.165, 1.54) is 33.4 Å². The lowest BCUT2D eigenvalue weighted by molar-refractivity contribution is 0.0661. The Kier molecular flexibility index (Phi) is 7.45. The molecule has 0 saturated carbocycles. The third kappa shape index (κ3) is 5.67. The Balaban J connectivity index is 1.24. The molecule has 184 valence electrons. The van der Waals surface area contributed by atoms with Gasteiger partial charge in [0.15, 0.2) is 0 Å². The van der Waals surface area contributed by atoms with Crippen LogP contribution in [0.5, 0.6) is 5.75 Å². The number of hydrogen-bond acceptors (Lipinski definition) is 4. The fourth-order valence-electron chi connectivity index (χ4n) is 5.01. The SMILES string of the molecule is Cc1ccc(C(=C2CCN(CC(O)COc3cccc4ncccc34)CC2)c2ccc(C)cc2)cc1. The van der Waals surface area contributed by atoms with Crippen LogP contribution in [-0.2, 0) is 0 Å². The molecule has 5 rings (SSSR count). The van der Waals surface area contributed by atoms with Gasteiger partial charge in [-0.1, -0.05) is 71.3 Å². The highest BCUT2D eigenvalue weighted by Crippen LogP contribution is 2.33. The first kappa shape index (κ1) is 24.2. The second-order valence-electron chi connectivity index (χ2n) is 9.80. The third-order valence-electron chi connectivity index (χ3n) is 7.00. The molecule has 0 amide bonds. The second kappa shape index (κ2) is 11.1. The van der Waals surface area contributed by atoms with E-state index in [0.717, 1.165) is 42.6 Å². The lowest BCUT2D eigenvalue weighted by atomic mass is 9.88. The number of aliphatic hydroxyl groups excluding tert-OH is 1. The summed E-state index contributed by atoms with van der Waals surface area (Å²) in [6, 6.07) is 27.5. The molecule has 0 radical (unpaired) electrons. The summed E-state index contributed by atoms with van der Waals surface area (Å²) in [5.74, 6) is 0.768. The van der Waals surface area contributed by atoms with Gasteiger partial charge in [0.1, 0.15) is 18.5 Å². The number of likely N-dealkylation sites (tertiary alicyclic amines) is 1. The number of fused-ring (bicyclic) bond motifs is 1. The number of ether oxygens (including phenoxy) is 1. The van der Waals surface area contributed by atoms with E-state index >= 15 is 0 Å². The molecule has 0 bridgehead atoms. The number of aryl methyl sites for hydroxylation is 2. The summed E-state index contributed by atoms with van der Waals surface area (Å²) in [6.45, 7) is 7.02. The van der Waals surface area contributed by atoms with Gasteiger partial charge in [-0.15, -0.1) is 0 Å². The van der Waals surface area contributed by atoms with Crippen LogP contribution in [0.4, 0.5) is 0 Å². The maximum atomic E-state index is 10.7. The largest absolute Gasteiger partial charge is 0.490 e. The van der Waals surface area contributed by atoms with Crippen LogP contribution in [0, 0.1) is 13.8 Å². The van der Waals surface area contributed by atoms with Crippen LogP contribution in [-0.4, -0.2) is 47.3 Å². The van der Waals surface area contributed by atoms with Crippen molar-refractivity contribution in [2.75, 3.05) is 26.2 Å². The van der Waals surface area contributed by atoms with E-state index < -0.39 is 6.10 Å². The summed E-state index contributed by atoms with van der Waals surface area (Å²) in [6.07, 6.45) is 3.23. The number of rotatable bonds is 7. The van der Waals surface area contributed by atoms with Crippen LogP contribution < -0.4 is 4.74 Å². The van der Waals surface area contributed by atoms with Gasteiger partial charge in [-0.25, -0.2) is 0 Å². The summed E-state index contributed by atoms with van der Waals surface area (Å²) >= 11 is 0. The number of piperidine rings is 1. The number of nitrogens with zero attached hydrogens (tertiary/aromatic N) is 2. The molecule has 1 atom stereocenters. The first-order valence-electron chi connectivity index (χ1n) is 12.8. The molecule has 4 heteroatoms. The van der Waals surface area contributed by atoms with E-state index in [2.05, 4.69) is 72.3 Å². The Morgan fingerprint density at radius 3 is 2.14 bits per heavy atom. The predicted molar refractivity (Wildman–Crippen MR) is 147 cm³/mol. The van der Waals surface area contributed by atoms with Crippen LogP contribution in [0.3, 0.4) is 0 Å². The number of aromatic nitrogens is 1. The molecule has 4 aromatic rings. The monoisotopic (exact) mass is 478 g/mol. The molecule has 1 N–H and O–H groups in total. The molecule has 0 aliphatic carbocycles. The van der Waals surface area contributed by atoms with Crippen molar-refractivity contribution in [2.24, 2.45) is 0 Å². The molecule has 1 aromatic heterocycles. The second-order valence-corrected chi connectivity index (χ2v) is 9.80. The minimum atomic E-state index is -0.545. The van der Waals surface area contributed by atoms with E-state index in [0.29, 0.717) is 6.54 Å². The minimum absolute atomic E-state index is 0.269. The van der Waals surface area contributed by atoms with Crippen LogP contribution >= 0.6 is 0 Å². The molecule has 1 aliphatic rings. The molecular formula is C32H34N2O2. The normalized spacial score (nSPS) is 15.1. The van der Waals surface area contributed by atoms with E-state index in [-0.39, 0.29) is 6.61 Å². The highest BCUT2D eigenvalue weighted by molar-refractivity contribution is 5.85. The quantitative estimate of drug-likeness (QED) is 0.344. The molecule has 2 heterocycles. The van der Waals surface area contributed by atoms with Gasteiger partial charge in [0.05, 0.1) is 5.52 Å². The zero-order valence-electron chi connectivity index (χ0n) is 21.2. The van der Waals surface area contributed by atoms with Crippen LogP contribution in [0.1, 0.15) is 35.1 Å². The van der Waals surface area contributed by atoms with Crippen molar-refractivity contribution in [1.82, 2.24) is 9.88 Å². The summed E-state index contributed by atoms with van der Waals surface area (Å²) in [5, 5.41) is 11.7. The summed E-state index contributed by atoms with van der Waals surface area (Å²) in [5.41, 5.74) is 8.88. The van der Waals surface area contributed by atoms with Crippen LogP contribution in [0.15, 0.2) is 90.6 Å². The first-order valence-corrected chi connectivity index (χ1v) is 12.8. The van der Waals surface area contributed by atoms with Gasteiger partial charge in [-0.2, -0.15) is 0 Å². The van der Waals surface area contributed by atoms with Gasteiger partial charge in [-0.05, 0) is 67.7 Å². The van der Waals surface area contributed by atoms with Gasteiger partial charge in [0.25, 0.3) is 0 Å². The average Bonchev–Trinajstić information content (AvgIpc) is 2.91. The highest BCUT2D eigenvalue weighted by Gasteiger charge is 2.21. The molecule has 4 nitrogen and oxygen atoms in total. The Bertz CT molecular complexity index is 1280. The topological polar surface area (TPSA) is 45.6 Å². The standard InChI is InChI=1S/C32H34N2O2/c1-23-8-12-25(13-9-23)32(26-14-10-24(2)11-15-26)27-16-19-34(20-17-27)21-28(35)22-36-31-7-3-6-30-29(31)5-4-18-33-30/h3-15,18,28,35H,16-17,19-22H2,1-2H3. The molecule has 1 unspecified atom stereocenters. The summed E-state index contributed by atoms with van der Waals surface area (Å²) < 4.78 is 5.99. The maximum absolute atomic E-state index is 10.7. The molecule has 0 spiro atoms. The molecular weight excluding hydrogens is 444 g/mol. The van der Waals surface area contributed by atoms with Crippen molar-refractivity contribution < 1.29 is 9.84 Å². The van der Waals surface area contributed by atoms with E-state index in [9.17, 15) is 5.11 Å². The number of aliphatic hydroxyl groups is 1. The van der Waals surface area contributed by atoms with Crippen molar-refractivity contribution in [3.63, 3.8) is 0 Å². The zero-order valence-corrected chi connectivity index (χ0v) is 21.2. The van der Waals surface area contributed by atoms with E-state index in [1.54, 1.807) is 6.20 Å². The van der Waals surface area contributed by atoms with Gasteiger partial charge in [-0.3, -0.25) is 9.88 Å². The number of β-amino-alcohol motifs (C(OH)–C–C–N with tert-alkyl or cyclic N) is 1. The van der Waals surface area contributed by atoms with Crippen LogP contribution in [0.25, 0.3) is 16.5 Å². The molecule has 3 aromatic carbocycles. The van der Waals surface area contributed by atoms with Crippen LogP contribution in [0.2, 0.25) is 0 Å². The third-order valence-corrected chi connectivity index (χ3v) is 7.00. The predicted octanol–water partition coefficient (Wildman–Crippen LogP) is 6.19. The fraction of sp³-hybridized carbons (Fsp3) is 0.281. The minimum Gasteiger partial charge on any atom is -0.490 e. The smallest absolute Gasteiger partial charge is 0.128 e. The number of pyridine rings is 1. The van der Waals surface area contributed by atoms with Crippen molar-refractivity contribution >= 4 is 16.5 Å². The van der Waals surface area contributed by atoms with Gasteiger partial charge in [0, 0.05) is 31.2 Å². The Labute approximate surface area is 213 Å². The number of hydrogen-bond donors (Lipinski definition) is 1. The van der Waals surface area contributed by atoms with Crippen molar-refractivity contribution in [3.8, 4) is 5.75 Å². The molecule has 1 aliphatic heterocycles. The number of benzene rings is 3. The lowest BCUT2D eigenvalue weighted by Gasteiger charge is -2.31. The van der Waals surface area contributed by atoms with Crippen molar-refractivity contribution in [1.29, 1.82) is 0 Å². The molecule has 36 heavy (non-hydrogen) atoms. The Morgan fingerprint density at radius 2 is 1.50 bits per heavy atom. The summed E-state index contributed by atoms with van der Waals surface area (Å²) in [4.78, 5) is 6.73. The highest BCUT2D eigenvalue weighted by atomic mass is 16.5. The van der Waals surface area contributed by atoms with Crippen molar-refractivity contribution in [2.45, 2.75) is 32.8 Å². The Hall–Kier alpha value is -3.47. The maximum Gasteiger partial charge on any atom is 0.128 e. The van der Waals surface area contributed by atoms with Gasteiger partial charge < -0.3 is 9.84 Å².